The Bertz CT molecular complexity index is 1330. The summed E-state index contributed by atoms with van der Waals surface area (Å²) >= 11 is 0. The Morgan fingerprint density at radius 3 is 2.41 bits per heavy atom. The SMILES string of the molecule is CN1CCC[C@H](N(C)C(=O)[C@@H](N)Cc2ccc(F)cc2)C(=O)NC(Cc2ccc(O)c(C(C)(C)C)c2)C(=O)NCCCC1=O. The Hall–Kier alpha value is -3.99. The van der Waals surface area contributed by atoms with Crippen LogP contribution in [0.4, 0.5) is 4.39 Å². The quantitative estimate of drug-likeness (QED) is 0.395. The van der Waals surface area contributed by atoms with Gasteiger partial charge in [-0.05, 0) is 66.0 Å². The van der Waals surface area contributed by atoms with Gasteiger partial charge in [-0.2, -0.15) is 0 Å². The Labute approximate surface area is 259 Å². The Morgan fingerprint density at radius 2 is 1.75 bits per heavy atom. The average molecular weight is 612 g/mol. The van der Waals surface area contributed by atoms with Crippen molar-refractivity contribution < 1.29 is 28.7 Å². The molecule has 3 atom stereocenters. The molecule has 1 heterocycles. The molecular formula is C33H46FN5O5. The lowest BCUT2D eigenvalue weighted by molar-refractivity contribution is -0.141. The summed E-state index contributed by atoms with van der Waals surface area (Å²) in [5.74, 6) is -1.73. The minimum absolute atomic E-state index is 0.0709. The highest BCUT2D eigenvalue weighted by atomic mass is 19.1. The zero-order valence-electron chi connectivity index (χ0n) is 26.4. The van der Waals surface area contributed by atoms with Crippen molar-refractivity contribution >= 4 is 23.6 Å². The number of phenols is 1. The molecule has 1 aliphatic heterocycles. The number of rotatable bonds is 6. The second-order valence-electron chi connectivity index (χ2n) is 12.6. The van der Waals surface area contributed by atoms with Crippen LogP contribution in [0, 0.1) is 5.82 Å². The van der Waals surface area contributed by atoms with Crippen LogP contribution >= 0.6 is 0 Å². The summed E-state index contributed by atoms with van der Waals surface area (Å²) in [6, 6.07) is 7.91. The fraction of sp³-hybridized carbons (Fsp3) is 0.515. The molecule has 10 nitrogen and oxygen atoms in total. The van der Waals surface area contributed by atoms with E-state index in [-0.39, 0.29) is 49.3 Å². The van der Waals surface area contributed by atoms with E-state index in [2.05, 4.69) is 10.6 Å². The number of hydrogen-bond donors (Lipinski definition) is 4. The predicted octanol–water partition coefficient (Wildman–Crippen LogP) is 2.40. The van der Waals surface area contributed by atoms with Gasteiger partial charge in [0.05, 0.1) is 6.04 Å². The van der Waals surface area contributed by atoms with Crippen LogP contribution in [0.1, 0.15) is 63.1 Å². The number of nitrogens with two attached hydrogens (primary N) is 1. The first kappa shape index (κ1) is 34.5. The first-order valence-corrected chi connectivity index (χ1v) is 15.1. The van der Waals surface area contributed by atoms with Crippen molar-refractivity contribution in [1.29, 1.82) is 0 Å². The standard InChI is InChI=1S/C33H46FN5O5/c1-33(2,3)24-18-22(12-15-28(24)40)20-26-30(42)36-16-6-9-29(41)38(4)17-7-8-27(31(43)37-26)39(5)32(44)25(35)19-21-10-13-23(34)14-11-21/h10-15,18,25-27,40H,6-9,16-17,19-20,35H2,1-5H3,(H,36,42)(H,37,43)/t25-,26?,27-/m0/s1. The van der Waals surface area contributed by atoms with Crippen LogP contribution in [0.15, 0.2) is 42.5 Å². The van der Waals surface area contributed by atoms with Crippen molar-refractivity contribution in [2.75, 3.05) is 27.2 Å². The molecule has 0 spiro atoms. The number of aromatic hydroxyl groups is 1. The van der Waals surface area contributed by atoms with Gasteiger partial charge in [0.2, 0.25) is 23.6 Å². The van der Waals surface area contributed by atoms with Crippen molar-refractivity contribution in [3.05, 3.63) is 65.0 Å². The van der Waals surface area contributed by atoms with E-state index in [0.717, 1.165) is 5.56 Å². The minimum Gasteiger partial charge on any atom is -0.508 e. The van der Waals surface area contributed by atoms with Crippen LogP contribution < -0.4 is 16.4 Å². The number of carbonyl (C=O) groups is 4. The second-order valence-corrected chi connectivity index (χ2v) is 12.6. The second kappa shape index (κ2) is 15.1. The van der Waals surface area contributed by atoms with E-state index in [1.807, 2.05) is 26.8 Å². The van der Waals surface area contributed by atoms with Crippen molar-refractivity contribution in [3.8, 4) is 5.75 Å². The van der Waals surface area contributed by atoms with Gasteiger partial charge in [0, 0.05) is 40.0 Å². The van der Waals surface area contributed by atoms with Crippen molar-refractivity contribution in [2.24, 2.45) is 5.73 Å². The summed E-state index contributed by atoms with van der Waals surface area (Å²) in [6.45, 7) is 6.56. The maximum absolute atomic E-state index is 13.8. The molecule has 3 rings (SSSR count). The first-order valence-electron chi connectivity index (χ1n) is 15.1. The van der Waals surface area contributed by atoms with Gasteiger partial charge in [-0.25, -0.2) is 4.39 Å². The highest BCUT2D eigenvalue weighted by molar-refractivity contribution is 5.93. The molecule has 240 valence electrons. The fourth-order valence-corrected chi connectivity index (χ4v) is 5.31. The highest BCUT2D eigenvalue weighted by Crippen LogP contribution is 2.31. The number of likely N-dealkylation sites (N-methyl/N-ethyl adjacent to an activating group) is 1. The number of carbonyl (C=O) groups excluding carboxylic acids is 4. The zero-order valence-corrected chi connectivity index (χ0v) is 26.4. The van der Waals surface area contributed by atoms with Gasteiger partial charge in [-0.3, -0.25) is 19.2 Å². The summed E-state index contributed by atoms with van der Waals surface area (Å²) in [5.41, 5.74) is 8.03. The third-order valence-corrected chi connectivity index (χ3v) is 8.01. The van der Waals surface area contributed by atoms with Crippen LogP contribution in [0.25, 0.3) is 0 Å². The van der Waals surface area contributed by atoms with E-state index >= 15 is 0 Å². The van der Waals surface area contributed by atoms with E-state index in [9.17, 15) is 28.7 Å². The van der Waals surface area contributed by atoms with Gasteiger partial charge in [-0.1, -0.05) is 45.0 Å². The van der Waals surface area contributed by atoms with E-state index in [0.29, 0.717) is 30.5 Å². The van der Waals surface area contributed by atoms with Crippen LogP contribution in [0.2, 0.25) is 0 Å². The largest absolute Gasteiger partial charge is 0.508 e. The molecule has 5 N–H and O–H groups in total. The van der Waals surface area contributed by atoms with Crippen molar-refractivity contribution in [2.45, 2.75) is 82.8 Å². The number of hydrogen-bond acceptors (Lipinski definition) is 6. The van der Waals surface area contributed by atoms with Gasteiger partial charge in [0.1, 0.15) is 23.7 Å². The Balaban J connectivity index is 1.88. The molecule has 1 aliphatic rings. The topological polar surface area (TPSA) is 145 Å². The Morgan fingerprint density at radius 1 is 1.09 bits per heavy atom. The summed E-state index contributed by atoms with van der Waals surface area (Å²) < 4.78 is 13.4. The number of benzene rings is 2. The Kier molecular flexibility index (Phi) is 11.9. The van der Waals surface area contributed by atoms with Crippen LogP contribution in [-0.4, -0.2) is 83.8 Å². The molecule has 0 bridgehead atoms. The van der Waals surface area contributed by atoms with Crippen LogP contribution in [0.3, 0.4) is 0 Å². The third-order valence-electron chi connectivity index (χ3n) is 8.01. The average Bonchev–Trinajstić information content (AvgIpc) is 2.97. The normalized spacial score (nSPS) is 19.9. The fourth-order valence-electron chi connectivity index (χ4n) is 5.31. The number of amides is 4. The first-order chi connectivity index (χ1) is 20.7. The molecule has 0 aromatic heterocycles. The number of halogens is 1. The lowest BCUT2D eigenvalue weighted by atomic mass is 9.84. The molecule has 0 saturated carbocycles. The summed E-state index contributed by atoms with van der Waals surface area (Å²) in [6.07, 6.45) is 1.69. The molecule has 4 amide bonds. The molecule has 1 unspecified atom stereocenters. The predicted molar refractivity (Wildman–Crippen MR) is 166 cm³/mol. The monoisotopic (exact) mass is 611 g/mol. The molecule has 2 aromatic carbocycles. The van der Waals surface area contributed by atoms with E-state index in [1.165, 1.54) is 24.1 Å². The number of nitrogens with zero attached hydrogens (tertiary/aromatic N) is 2. The maximum atomic E-state index is 13.8. The minimum atomic E-state index is -0.984. The molecule has 1 saturated heterocycles. The van der Waals surface area contributed by atoms with Crippen LogP contribution in [-0.2, 0) is 37.4 Å². The smallest absolute Gasteiger partial charge is 0.243 e. The van der Waals surface area contributed by atoms with Crippen LogP contribution in [0.5, 0.6) is 5.75 Å². The molecule has 44 heavy (non-hydrogen) atoms. The van der Waals surface area contributed by atoms with Gasteiger partial charge in [0.15, 0.2) is 0 Å². The van der Waals surface area contributed by atoms with Gasteiger partial charge >= 0.3 is 0 Å². The lowest BCUT2D eigenvalue weighted by Gasteiger charge is -2.32. The summed E-state index contributed by atoms with van der Waals surface area (Å²) in [5, 5.41) is 16.1. The number of phenolic OH excluding ortho intramolecular Hbond substituents is 1. The van der Waals surface area contributed by atoms with E-state index < -0.39 is 41.7 Å². The molecule has 11 heteroatoms. The molecule has 0 aliphatic carbocycles. The van der Waals surface area contributed by atoms with E-state index in [4.69, 9.17) is 5.73 Å². The van der Waals surface area contributed by atoms with Crippen molar-refractivity contribution in [3.63, 3.8) is 0 Å². The maximum Gasteiger partial charge on any atom is 0.243 e. The lowest BCUT2D eigenvalue weighted by Crippen LogP contribution is -2.57. The van der Waals surface area contributed by atoms with E-state index in [1.54, 1.807) is 36.2 Å². The highest BCUT2D eigenvalue weighted by Gasteiger charge is 2.33. The summed E-state index contributed by atoms with van der Waals surface area (Å²) in [7, 11) is 3.19. The van der Waals surface area contributed by atoms with Crippen molar-refractivity contribution in [1.82, 2.24) is 20.4 Å². The molecular weight excluding hydrogens is 565 g/mol. The third kappa shape index (κ3) is 9.51. The van der Waals surface area contributed by atoms with Gasteiger partial charge in [-0.15, -0.1) is 0 Å². The summed E-state index contributed by atoms with van der Waals surface area (Å²) in [4.78, 5) is 56.1. The zero-order chi connectivity index (χ0) is 32.6. The molecule has 2 aromatic rings. The number of nitrogens with one attached hydrogen (secondary N) is 2. The molecule has 1 fully saturated rings. The van der Waals surface area contributed by atoms with Gasteiger partial charge in [0.25, 0.3) is 0 Å². The van der Waals surface area contributed by atoms with Gasteiger partial charge < -0.3 is 31.3 Å². The molecule has 0 radical (unpaired) electrons.